The molecule has 0 aliphatic heterocycles. The van der Waals surface area contributed by atoms with Gasteiger partial charge in [-0.1, -0.05) is 12.1 Å². The van der Waals surface area contributed by atoms with E-state index < -0.39 is 9.84 Å². The van der Waals surface area contributed by atoms with Crippen molar-refractivity contribution in [2.75, 3.05) is 11.6 Å². The topological polar surface area (TPSA) is 105 Å². The van der Waals surface area contributed by atoms with E-state index in [4.69, 9.17) is 10.9 Å². The Morgan fingerprint density at radius 2 is 2.00 bits per heavy atom. The maximum Gasteiger partial charge on any atom is 0.175 e. The first-order valence-corrected chi connectivity index (χ1v) is 7.31. The highest BCUT2D eigenvalue weighted by atomic mass is 32.2. The maximum atomic E-state index is 11.3. The van der Waals surface area contributed by atoms with Crippen molar-refractivity contribution in [1.82, 2.24) is 0 Å². The second kappa shape index (κ2) is 5.72. The molecule has 100 valence electrons. The molecule has 1 aromatic carbocycles. The van der Waals surface area contributed by atoms with Gasteiger partial charge in [0.15, 0.2) is 15.7 Å². The molecule has 18 heavy (non-hydrogen) atoms. The number of hydrogen-bond acceptors (Lipinski definition) is 5. The molecule has 0 fully saturated rings. The van der Waals surface area contributed by atoms with E-state index in [1.54, 1.807) is 12.1 Å². The van der Waals surface area contributed by atoms with Crippen molar-refractivity contribution in [3.8, 4) is 0 Å². The Morgan fingerprint density at radius 1 is 1.44 bits per heavy atom. The minimum Gasteiger partial charge on any atom is -0.409 e. The Bertz CT molecular complexity index is 523. The van der Waals surface area contributed by atoms with Crippen molar-refractivity contribution in [1.29, 1.82) is 0 Å². The Hall–Kier alpha value is -1.76. The van der Waals surface area contributed by atoms with Gasteiger partial charge in [-0.25, -0.2) is 8.42 Å². The second-order valence-electron chi connectivity index (χ2n) is 3.93. The third-order valence-corrected chi connectivity index (χ3v) is 3.63. The van der Waals surface area contributed by atoms with Crippen LogP contribution in [0.25, 0.3) is 0 Å². The van der Waals surface area contributed by atoms with Gasteiger partial charge in [-0.15, -0.1) is 0 Å². The van der Waals surface area contributed by atoms with Crippen molar-refractivity contribution in [3.63, 3.8) is 0 Å². The fourth-order valence-corrected chi connectivity index (χ4v) is 2.08. The number of nitrogens with two attached hydrogens (primary N) is 1. The molecule has 6 nitrogen and oxygen atoms in total. The summed E-state index contributed by atoms with van der Waals surface area (Å²) in [5.41, 5.74) is 6.23. The van der Waals surface area contributed by atoms with Gasteiger partial charge >= 0.3 is 0 Å². The van der Waals surface area contributed by atoms with Gasteiger partial charge in [-0.2, -0.15) is 0 Å². The molecule has 0 bridgehead atoms. The van der Waals surface area contributed by atoms with Gasteiger partial charge in [-0.3, -0.25) is 0 Å². The van der Waals surface area contributed by atoms with Crippen molar-refractivity contribution in [2.45, 2.75) is 24.3 Å². The summed E-state index contributed by atoms with van der Waals surface area (Å²) in [7, 11) is -3.19. The summed E-state index contributed by atoms with van der Waals surface area (Å²) in [6, 6.07) is 6.01. The van der Waals surface area contributed by atoms with Gasteiger partial charge in [0.1, 0.15) is 0 Å². The highest BCUT2D eigenvalue weighted by Crippen LogP contribution is 2.15. The molecular formula is C11H17N3O3S. The van der Waals surface area contributed by atoms with E-state index in [2.05, 4.69) is 10.5 Å². The molecule has 4 N–H and O–H groups in total. The first-order valence-electron chi connectivity index (χ1n) is 5.42. The largest absolute Gasteiger partial charge is 0.409 e. The molecule has 1 unspecified atom stereocenters. The van der Waals surface area contributed by atoms with Gasteiger partial charge in [0.05, 0.1) is 10.9 Å². The maximum absolute atomic E-state index is 11.3. The molecule has 0 saturated carbocycles. The second-order valence-corrected chi connectivity index (χ2v) is 5.94. The van der Waals surface area contributed by atoms with Gasteiger partial charge in [0.2, 0.25) is 0 Å². The summed E-state index contributed by atoms with van der Waals surface area (Å²) in [6.07, 6.45) is 1.80. The summed E-state index contributed by atoms with van der Waals surface area (Å²) in [4.78, 5) is 0.255. The zero-order chi connectivity index (χ0) is 13.8. The van der Waals surface area contributed by atoms with Gasteiger partial charge < -0.3 is 16.3 Å². The van der Waals surface area contributed by atoms with Crippen molar-refractivity contribution in [2.24, 2.45) is 10.9 Å². The molecule has 0 saturated heterocycles. The zero-order valence-corrected chi connectivity index (χ0v) is 11.1. The summed E-state index contributed by atoms with van der Waals surface area (Å²) in [5, 5.41) is 14.6. The van der Waals surface area contributed by atoms with Crippen LogP contribution in [-0.2, 0) is 9.84 Å². The zero-order valence-electron chi connectivity index (χ0n) is 10.3. The van der Waals surface area contributed by atoms with Crippen LogP contribution in [0.5, 0.6) is 0 Å². The predicted octanol–water partition coefficient (Wildman–Crippen LogP) is 1.03. The Morgan fingerprint density at radius 3 is 2.39 bits per heavy atom. The number of benzene rings is 1. The van der Waals surface area contributed by atoms with E-state index in [-0.39, 0.29) is 16.8 Å². The van der Waals surface area contributed by atoms with Gasteiger partial charge in [0, 0.05) is 11.9 Å². The van der Waals surface area contributed by atoms with Crippen LogP contribution in [0, 0.1) is 0 Å². The van der Waals surface area contributed by atoms with Gasteiger partial charge in [0.25, 0.3) is 0 Å². The molecule has 0 radical (unpaired) electrons. The third kappa shape index (κ3) is 3.63. The van der Waals surface area contributed by atoms with Crippen LogP contribution in [-0.4, -0.2) is 31.8 Å². The lowest BCUT2D eigenvalue weighted by molar-refractivity contribution is 0.316. The molecule has 0 aliphatic carbocycles. The lowest BCUT2D eigenvalue weighted by Gasteiger charge is -2.16. The average Bonchev–Trinajstić information content (AvgIpc) is 2.34. The molecular weight excluding hydrogens is 254 g/mol. The minimum atomic E-state index is -3.19. The normalized spacial score (nSPS) is 14.2. The third-order valence-electron chi connectivity index (χ3n) is 2.50. The lowest BCUT2D eigenvalue weighted by atomic mass is 10.2. The molecule has 0 aliphatic rings. The van der Waals surface area contributed by atoms with Crippen LogP contribution < -0.4 is 11.1 Å². The fourth-order valence-electron chi connectivity index (χ4n) is 1.45. The number of rotatable bonds is 5. The lowest BCUT2D eigenvalue weighted by Crippen LogP contribution is -2.35. The van der Waals surface area contributed by atoms with Crippen LogP contribution in [0.4, 0.5) is 5.69 Å². The van der Waals surface area contributed by atoms with Crippen molar-refractivity contribution in [3.05, 3.63) is 24.3 Å². The van der Waals surface area contributed by atoms with Crippen molar-refractivity contribution >= 4 is 21.4 Å². The minimum absolute atomic E-state index is 0.0877. The van der Waals surface area contributed by atoms with Crippen LogP contribution in [0.3, 0.4) is 0 Å². The number of oxime groups is 1. The number of nitrogens with zero attached hydrogens (tertiary/aromatic N) is 1. The van der Waals surface area contributed by atoms with E-state index in [1.807, 2.05) is 6.92 Å². The molecule has 1 rings (SSSR count). The van der Waals surface area contributed by atoms with Crippen LogP contribution >= 0.6 is 0 Å². The highest BCUT2D eigenvalue weighted by Gasteiger charge is 2.12. The number of sulfone groups is 1. The van der Waals surface area contributed by atoms with E-state index in [0.717, 1.165) is 6.26 Å². The fraction of sp³-hybridized carbons (Fsp3) is 0.364. The first kappa shape index (κ1) is 14.3. The van der Waals surface area contributed by atoms with Crippen LogP contribution in [0.15, 0.2) is 34.3 Å². The summed E-state index contributed by atoms with van der Waals surface area (Å²) < 4.78 is 22.6. The Balaban J connectivity index is 2.87. The smallest absolute Gasteiger partial charge is 0.175 e. The molecule has 0 heterocycles. The highest BCUT2D eigenvalue weighted by molar-refractivity contribution is 7.90. The number of anilines is 1. The van der Waals surface area contributed by atoms with E-state index >= 15 is 0 Å². The SMILES string of the molecule is CCC(Nc1ccc(S(C)(=O)=O)cc1)C(N)=NO. The van der Waals surface area contributed by atoms with Crippen LogP contribution in [0.2, 0.25) is 0 Å². The summed E-state index contributed by atoms with van der Waals surface area (Å²) >= 11 is 0. The van der Waals surface area contributed by atoms with E-state index in [9.17, 15) is 8.42 Å². The van der Waals surface area contributed by atoms with Crippen molar-refractivity contribution < 1.29 is 13.6 Å². The molecule has 7 heteroatoms. The Labute approximate surface area is 106 Å². The molecule has 0 amide bonds. The number of amidine groups is 1. The standard InChI is InChI=1S/C11H17N3O3S/c1-3-10(11(12)14-15)13-8-4-6-9(7-5-8)18(2,16)17/h4-7,10,13,15H,3H2,1-2H3,(H2,12,14). The average molecular weight is 271 g/mol. The molecule has 0 aromatic heterocycles. The Kier molecular flexibility index (Phi) is 4.55. The monoisotopic (exact) mass is 271 g/mol. The van der Waals surface area contributed by atoms with E-state index in [1.165, 1.54) is 12.1 Å². The summed E-state index contributed by atoms with van der Waals surface area (Å²) in [5.74, 6) is 0.0877. The van der Waals surface area contributed by atoms with Gasteiger partial charge in [-0.05, 0) is 30.7 Å². The first-order chi connectivity index (χ1) is 8.38. The quantitative estimate of drug-likeness (QED) is 0.321. The predicted molar refractivity (Wildman–Crippen MR) is 70.7 cm³/mol. The van der Waals surface area contributed by atoms with Crippen LogP contribution in [0.1, 0.15) is 13.3 Å². The molecule has 0 spiro atoms. The molecule has 1 aromatic rings. The number of nitrogens with one attached hydrogen (secondary N) is 1. The number of hydrogen-bond donors (Lipinski definition) is 3. The summed E-state index contributed by atoms with van der Waals surface area (Å²) in [6.45, 7) is 1.89. The van der Waals surface area contributed by atoms with E-state index in [0.29, 0.717) is 12.1 Å². The molecule has 1 atom stereocenters.